The van der Waals surface area contributed by atoms with E-state index in [-0.39, 0.29) is 0 Å². The molecule has 0 rings (SSSR count). The lowest BCUT2D eigenvalue weighted by atomic mass is 10.1. The predicted molar refractivity (Wildman–Crippen MR) is 76.9 cm³/mol. The van der Waals surface area contributed by atoms with E-state index >= 15 is 0 Å². The van der Waals surface area contributed by atoms with Crippen molar-refractivity contribution in [3.63, 3.8) is 0 Å². The van der Waals surface area contributed by atoms with Gasteiger partial charge in [0.1, 0.15) is 24.7 Å². The fourth-order valence-electron chi connectivity index (χ4n) is 1.37. The number of rotatable bonds is 9. The van der Waals surface area contributed by atoms with E-state index in [4.69, 9.17) is 15.9 Å². The highest BCUT2D eigenvalue weighted by Gasteiger charge is 2.26. The van der Waals surface area contributed by atoms with Crippen LogP contribution >= 0.6 is 0 Å². The maximum absolute atomic E-state index is 11.8. The molecule has 8 N–H and O–H groups in total. The van der Waals surface area contributed by atoms with Crippen LogP contribution in [0.1, 0.15) is 13.8 Å². The highest BCUT2D eigenvalue weighted by atomic mass is 16.4. The maximum atomic E-state index is 11.8. The highest BCUT2D eigenvalue weighted by molar-refractivity contribution is 5.93. The van der Waals surface area contributed by atoms with Crippen LogP contribution in [0, 0.1) is 0 Å². The zero-order valence-corrected chi connectivity index (χ0v) is 12.8. The third kappa shape index (κ3) is 7.54. The number of amides is 3. The number of aliphatic hydroxyl groups is 2. The van der Waals surface area contributed by atoms with Crippen molar-refractivity contribution < 1.29 is 34.5 Å². The fourth-order valence-corrected chi connectivity index (χ4v) is 1.37. The largest absolute Gasteiger partial charge is 0.480 e. The van der Waals surface area contributed by atoms with E-state index in [0.29, 0.717) is 0 Å². The lowest BCUT2D eigenvalue weighted by molar-refractivity contribution is -0.139. The summed E-state index contributed by atoms with van der Waals surface area (Å²) in [5.74, 6) is -3.73. The lowest BCUT2D eigenvalue weighted by Gasteiger charge is -2.21. The fraction of sp³-hybridized carbons (Fsp3) is 0.667. The Morgan fingerprint density at radius 2 is 1.61 bits per heavy atom. The molecule has 23 heavy (non-hydrogen) atoms. The van der Waals surface area contributed by atoms with E-state index in [9.17, 15) is 24.3 Å². The van der Waals surface area contributed by atoms with Gasteiger partial charge in [0.15, 0.2) is 0 Å². The summed E-state index contributed by atoms with van der Waals surface area (Å²) in [4.78, 5) is 45.4. The molecule has 11 nitrogen and oxygen atoms in total. The summed E-state index contributed by atoms with van der Waals surface area (Å²) in [5, 5.41) is 33.1. The molecule has 3 amide bonds. The summed E-state index contributed by atoms with van der Waals surface area (Å²) in [6.07, 6.45) is -1.11. The van der Waals surface area contributed by atoms with Crippen molar-refractivity contribution in [1.82, 2.24) is 16.0 Å². The Labute approximate surface area is 132 Å². The Morgan fingerprint density at radius 1 is 1.04 bits per heavy atom. The molecule has 0 aromatic heterocycles. The topological polar surface area (TPSA) is 191 Å². The standard InChI is InChI=1S/C12H22N4O7/c1-5(15-12(23)9(13)6(2)18)10(21)16-7(4-17)11(22)14-3-8(19)20/h5-7,9,17-18H,3-4,13H2,1-2H3,(H,14,22)(H,15,23)(H,16,21)(H,19,20). The Hall–Kier alpha value is -2.24. The van der Waals surface area contributed by atoms with Gasteiger partial charge in [0.05, 0.1) is 12.7 Å². The van der Waals surface area contributed by atoms with E-state index in [2.05, 4.69) is 10.6 Å². The van der Waals surface area contributed by atoms with Gasteiger partial charge in [0.25, 0.3) is 0 Å². The van der Waals surface area contributed by atoms with Gasteiger partial charge in [-0.3, -0.25) is 19.2 Å². The minimum absolute atomic E-state index is 0.666. The molecule has 0 aliphatic carbocycles. The van der Waals surface area contributed by atoms with E-state index < -0.39 is 61.1 Å². The van der Waals surface area contributed by atoms with E-state index in [0.717, 1.165) is 0 Å². The smallest absolute Gasteiger partial charge is 0.322 e. The van der Waals surface area contributed by atoms with E-state index in [1.165, 1.54) is 13.8 Å². The number of carboxylic acid groups (broad SMARTS) is 1. The van der Waals surface area contributed by atoms with Crippen molar-refractivity contribution >= 4 is 23.7 Å². The van der Waals surface area contributed by atoms with Crippen molar-refractivity contribution in [1.29, 1.82) is 0 Å². The molecule has 4 unspecified atom stereocenters. The van der Waals surface area contributed by atoms with Crippen LogP contribution in [0.3, 0.4) is 0 Å². The summed E-state index contributed by atoms with van der Waals surface area (Å²) in [6, 6.07) is -3.68. The molecular weight excluding hydrogens is 312 g/mol. The first-order chi connectivity index (χ1) is 10.6. The van der Waals surface area contributed by atoms with Crippen LogP contribution in [-0.4, -0.2) is 76.4 Å². The summed E-state index contributed by atoms with van der Waals surface area (Å²) in [5.41, 5.74) is 5.40. The van der Waals surface area contributed by atoms with Crippen LogP contribution in [0.25, 0.3) is 0 Å². The van der Waals surface area contributed by atoms with Gasteiger partial charge in [-0.2, -0.15) is 0 Å². The first-order valence-corrected chi connectivity index (χ1v) is 6.74. The molecule has 0 bridgehead atoms. The molecule has 11 heteroatoms. The second-order valence-corrected chi connectivity index (χ2v) is 4.85. The zero-order valence-electron chi connectivity index (χ0n) is 12.8. The number of nitrogens with two attached hydrogens (primary N) is 1. The molecule has 0 radical (unpaired) electrons. The van der Waals surface area contributed by atoms with E-state index in [1.54, 1.807) is 0 Å². The Kier molecular flexibility index (Phi) is 8.77. The molecule has 0 saturated heterocycles. The molecule has 0 aliphatic heterocycles. The van der Waals surface area contributed by atoms with Gasteiger partial charge in [-0.1, -0.05) is 0 Å². The number of carbonyl (C=O) groups is 4. The van der Waals surface area contributed by atoms with Crippen molar-refractivity contribution in [3.8, 4) is 0 Å². The molecule has 0 aromatic carbocycles. The number of nitrogens with one attached hydrogen (secondary N) is 3. The highest BCUT2D eigenvalue weighted by Crippen LogP contribution is 1.93. The summed E-state index contributed by atoms with van der Waals surface area (Å²) in [7, 11) is 0. The molecule has 0 spiro atoms. The average molecular weight is 334 g/mol. The normalized spacial score (nSPS) is 15.7. The number of carboxylic acids is 1. The number of aliphatic carboxylic acids is 1. The maximum Gasteiger partial charge on any atom is 0.322 e. The van der Waals surface area contributed by atoms with Crippen LogP contribution in [0.2, 0.25) is 0 Å². The van der Waals surface area contributed by atoms with Gasteiger partial charge in [-0.05, 0) is 13.8 Å². The van der Waals surface area contributed by atoms with Crippen molar-refractivity contribution in [2.45, 2.75) is 38.1 Å². The van der Waals surface area contributed by atoms with Gasteiger partial charge >= 0.3 is 5.97 Å². The monoisotopic (exact) mass is 334 g/mol. The van der Waals surface area contributed by atoms with Crippen LogP contribution in [0.15, 0.2) is 0 Å². The molecular formula is C12H22N4O7. The van der Waals surface area contributed by atoms with Crippen molar-refractivity contribution in [2.75, 3.05) is 13.2 Å². The van der Waals surface area contributed by atoms with Crippen LogP contribution in [0.5, 0.6) is 0 Å². The first-order valence-electron chi connectivity index (χ1n) is 6.74. The SMILES string of the molecule is CC(NC(=O)C(N)C(C)O)C(=O)NC(CO)C(=O)NCC(=O)O. The molecule has 132 valence electrons. The molecule has 0 aromatic rings. The number of carbonyl (C=O) groups excluding carboxylic acids is 3. The van der Waals surface area contributed by atoms with Gasteiger partial charge in [-0.15, -0.1) is 0 Å². The zero-order chi connectivity index (χ0) is 18.2. The molecule has 0 heterocycles. The molecule has 0 aliphatic rings. The van der Waals surface area contributed by atoms with Gasteiger partial charge in [0, 0.05) is 0 Å². The van der Waals surface area contributed by atoms with Crippen LogP contribution in [-0.2, 0) is 19.2 Å². The third-order valence-corrected chi connectivity index (χ3v) is 2.80. The number of hydrogen-bond donors (Lipinski definition) is 7. The number of aliphatic hydroxyl groups excluding tert-OH is 2. The Balaban J connectivity index is 4.55. The van der Waals surface area contributed by atoms with Gasteiger partial charge in [-0.25, -0.2) is 0 Å². The average Bonchev–Trinajstić information content (AvgIpc) is 2.48. The lowest BCUT2D eigenvalue weighted by Crippen LogP contribution is -2.57. The summed E-state index contributed by atoms with van der Waals surface area (Å²) >= 11 is 0. The molecule has 0 fully saturated rings. The third-order valence-electron chi connectivity index (χ3n) is 2.80. The van der Waals surface area contributed by atoms with Gasteiger partial charge < -0.3 is 37.0 Å². The molecule has 0 saturated carbocycles. The minimum Gasteiger partial charge on any atom is -0.480 e. The van der Waals surface area contributed by atoms with Crippen LogP contribution in [0.4, 0.5) is 0 Å². The summed E-state index contributed by atoms with van der Waals surface area (Å²) < 4.78 is 0. The first kappa shape index (κ1) is 20.8. The Bertz CT molecular complexity index is 455. The van der Waals surface area contributed by atoms with Crippen LogP contribution < -0.4 is 21.7 Å². The quantitative estimate of drug-likeness (QED) is 0.221. The second-order valence-electron chi connectivity index (χ2n) is 4.85. The van der Waals surface area contributed by atoms with Crippen molar-refractivity contribution in [3.05, 3.63) is 0 Å². The van der Waals surface area contributed by atoms with Gasteiger partial charge in [0.2, 0.25) is 17.7 Å². The predicted octanol–water partition coefficient (Wildman–Crippen LogP) is -4.12. The number of hydrogen-bond acceptors (Lipinski definition) is 7. The Morgan fingerprint density at radius 3 is 2.04 bits per heavy atom. The summed E-state index contributed by atoms with van der Waals surface area (Å²) in [6.45, 7) is 1.20. The van der Waals surface area contributed by atoms with Crippen molar-refractivity contribution in [2.24, 2.45) is 5.73 Å². The minimum atomic E-state index is -1.37. The van der Waals surface area contributed by atoms with E-state index in [1.807, 2.05) is 5.32 Å². The molecule has 4 atom stereocenters. The second kappa shape index (κ2) is 9.71.